The maximum atomic E-state index is 12.1. The van der Waals surface area contributed by atoms with Crippen LogP contribution in [0.1, 0.15) is 26.3 Å². The molecule has 5 heteroatoms. The van der Waals surface area contributed by atoms with E-state index >= 15 is 0 Å². The predicted octanol–water partition coefficient (Wildman–Crippen LogP) is 11.6. The van der Waals surface area contributed by atoms with Gasteiger partial charge in [-0.3, -0.25) is 9.97 Å². The number of benzene rings is 6. The van der Waals surface area contributed by atoms with Crippen molar-refractivity contribution in [2.45, 2.75) is 26.2 Å². The first-order valence-corrected chi connectivity index (χ1v) is 16.2. The summed E-state index contributed by atoms with van der Waals surface area (Å²) in [6.07, 6.45) is 1.86. The van der Waals surface area contributed by atoms with Crippen molar-refractivity contribution < 1.29 is 30.6 Å². The van der Waals surface area contributed by atoms with Gasteiger partial charge in [0, 0.05) is 49.4 Å². The Morgan fingerprint density at radius 1 is 0.592 bits per heavy atom. The van der Waals surface area contributed by atoms with Gasteiger partial charge in [0.1, 0.15) is 16.9 Å². The zero-order chi connectivity index (χ0) is 32.6. The van der Waals surface area contributed by atoms with E-state index in [0.717, 1.165) is 77.2 Å². The van der Waals surface area contributed by atoms with E-state index in [2.05, 4.69) is 99.6 Å². The van der Waals surface area contributed by atoms with Gasteiger partial charge in [0.15, 0.2) is 0 Å². The number of pyridine rings is 2. The number of nitrogens with zero attached hydrogens (tertiary/aromatic N) is 2. The van der Waals surface area contributed by atoms with Crippen molar-refractivity contribution in [2.24, 2.45) is 0 Å². The molecule has 0 bridgehead atoms. The molecule has 0 fully saturated rings. The molecule has 1 N–H and O–H groups in total. The molecule has 3 aromatic heterocycles. The van der Waals surface area contributed by atoms with Crippen molar-refractivity contribution in [1.82, 2.24) is 9.97 Å². The van der Waals surface area contributed by atoms with Crippen LogP contribution in [0.2, 0.25) is 0 Å². The fourth-order valence-corrected chi connectivity index (χ4v) is 6.96. The molecule has 0 aliphatic carbocycles. The minimum atomic E-state index is -0.123. The van der Waals surface area contributed by atoms with Crippen LogP contribution in [0.4, 0.5) is 0 Å². The van der Waals surface area contributed by atoms with Gasteiger partial charge in [-0.1, -0.05) is 123 Å². The van der Waals surface area contributed by atoms with Crippen molar-refractivity contribution in [3.8, 4) is 39.4 Å². The third kappa shape index (κ3) is 5.10. The van der Waals surface area contributed by atoms with Crippen molar-refractivity contribution in [3.05, 3.63) is 139 Å². The number of para-hydroxylation sites is 1. The zero-order valence-electron chi connectivity index (χ0n) is 27.2. The number of hydrogen-bond acceptors (Lipinski definition) is 4. The Bertz CT molecular complexity index is 2720. The number of phenolic OH excluding ortho intramolecular Hbond substituents is 1. The first-order chi connectivity index (χ1) is 23.3. The fraction of sp³-hybridized carbons (Fsp3) is 0.0909. The van der Waals surface area contributed by atoms with Crippen LogP contribution in [0.5, 0.6) is 5.75 Å². The van der Waals surface area contributed by atoms with Gasteiger partial charge in [-0.05, 0) is 50.9 Å². The molecule has 0 spiro atoms. The largest absolute Gasteiger partial charge is 0.506 e. The summed E-state index contributed by atoms with van der Waals surface area (Å²) in [7, 11) is 0. The number of fused-ring (bicyclic) bond motifs is 9. The molecule has 9 rings (SSSR count). The van der Waals surface area contributed by atoms with Crippen molar-refractivity contribution in [1.29, 1.82) is 0 Å². The topological polar surface area (TPSA) is 59.2 Å². The third-order valence-electron chi connectivity index (χ3n) is 9.43. The molecule has 0 saturated carbocycles. The van der Waals surface area contributed by atoms with Gasteiger partial charge in [0.25, 0.3) is 0 Å². The normalized spacial score (nSPS) is 11.9. The molecule has 0 atom stereocenters. The Balaban J connectivity index is 0.00000348. The molecule has 6 aromatic carbocycles. The van der Waals surface area contributed by atoms with Crippen molar-refractivity contribution in [2.75, 3.05) is 0 Å². The van der Waals surface area contributed by atoms with Crippen LogP contribution in [0.15, 0.2) is 132 Å². The van der Waals surface area contributed by atoms with E-state index in [-0.39, 0.29) is 32.2 Å². The van der Waals surface area contributed by atoms with Crippen LogP contribution >= 0.6 is 0 Å². The molecule has 0 aliphatic heterocycles. The minimum absolute atomic E-state index is 0. The summed E-state index contributed by atoms with van der Waals surface area (Å²) in [5.41, 5.74) is 8.85. The molecule has 0 radical (unpaired) electrons. The van der Waals surface area contributed by atoms with Crippen LogP contribution in [0, 0.1) is 6.07 Å². The second-order valence-electron chi connectivity index (χ2n) is 13.5. The number of aromatic hydroxyl groups is 1. The average molecular weight is 815 g/mol. The minimum Gasteiger partial charge on any atom is -0.506 e. The molecular formula is C44H31N2O2Pt-. The molecule has 0 unspecified atom stereocenters. The van der Waals surface area contributed by atoms with Crippen LogP contribution in [0.3, 0.4) is 0 Å². The van der Waals surface area contributed by atoms with Gasteiger partial charge < -0.3 is 9.52 Å². The molecule has 0 aliphatic rings. The first-order valence-electron chi connectivity index (χ1n) is 16.2. The van der Waals surface area contributed by atoms with Gasteiger partial charge in [-0.25, -0.2) is 0 Å². The average Bonchev–Trinajstić information content (AvgIpc) is 3.50. The second kappa shape index (κ2) is 11.7. The summed E-state index contributed by atoms with van der Waals surface area (Å²) in [4.78, 5) is 10.1. The molecule has 0 saturated heterocycles. The number of furan rings is 1. The van der Waals surface area contributed by atoms with Crippen LogP contribution in [-0.4, -0.2) is 15.1 Å². The number of rotatable bonds is 3. The molecule has 4 nitrogen and oxygen atoms in total. The quantitative estimate of drug-likeness (QED) is 0.143. The Labute approximate surface area is 298 Å². The van der Waals surface area contributed by atoms with Crippen molar-refractivity contribution >= 4 is 54.4 Å². The molecule has 9 aromatic rings. The summed E-state index contributed by atoms with van der Waals surface area (Å²) in [6.45, 7) is 6.65. The zero-order valence-corrected chi connectivity index (χ0v) is 29.5. The van der Waals surface area contributed by atoms with Gasteiger partial charge >= 0.3 is 0 Å². The van der Waals surface area contributed by atoms with Crippen LogP contribution in [0.25, 0.3) is 88.0 Å². The van der Waals surface area contributed by atoms with Gasteiger partial charge in [0.2, 0.25) is 0 Å². The molecule has 3 heterocycles. The number of phenols is 1. The summed E-state index contributed by atoms with van der Waals surface area (Å²) < 4.78 is 6.24. The van der Waals surface area contributed by atoms with E-state index in [1.807, 2.05) is 54.7 Å². The SMILES string of the molecule is CC(C)(C)c1cc(-c2cc(-c3ccccc3)ccn2)[c-]c(-c2ccc3c4ccccc4c4cc5oc6ccccc6c5c(O)c4c3n2)c1.[Pt]. The number of hydrogen-bond donors (Lipinski definition) is 1. The van der Waals surface area contributed by atoms with Crippen LogP contribution in [-0.2, 0) is 26.5 Å². The van der Waals surface area contributed by atoms with Crippen LogP contribution < -0.4 is 0 Å². The van der Waals surface area contributed by atoms with E-state index in [1.165, 1.54) is 0 Å². The van der Waals surface area contributed by atoms with E-state index < -0.39 is 0 Å². The Morgan fingerprint density at radius 3 is 2.02 bits per heavy atom. The second-order valence-corrected chi connectivity index (χ2v) is 13.5. The predicted molar refractivity (Wildman–Crippen MR) is 197 cm³/mol. The van der Waals surface area contributed by atoms with Gasteiger partial charge in [-0.15, -0.1) is 23.8 Å². The maximum Gasteiger partial charge on any atom is 0.139 e. The molecular weight excluding hydrogens is 784 g/mol. The standard InChI is InChI=1S/C44H31N2O2.Pt/c1-44(2,3)30-22-28(21-29(23-30)37-24-27(19-20-45-37)26-11-5-4-6-12-26)36-18-17-33-31-13-7-8-14-32(31)35-25-39-40(43(47)41(35)42(33)46-36)34-15-9-10-16-38(34)48-39;/h4-20,22-25,47H,1-3H3;/q-1;. The smallest absolute Gasteiger partial charge is 0.139 e. The summed E-state index contributed by atoms with van der Waals surface area (Å²) in [6, 6.07) is 45.0. The van der Waals surface area contributed by atoms with E-state index in [4.69, 9.17) is 14.4 Å². The van der Waals surface area contributed by atoms with E-state index in [0.29, 0.717) is 16.4 Å². The summed E-state index contributed by atoms with van der Waals surface area (Å²) >= 11 is 0. The number of aromatic nitrogens is 2. The monoisotopic (exact) mass is 814 g/mol. The molecule has 49 heavy (non-hydrogen) atoms. The van der Waals surface area contributed by atoms with E-state index in [1.54, 1.807) is 0 Å². The van der Waals surface area contributed by atoms with Gasteiger partial charge in [-0.2, -0.15) is 0 Å². The molecule has 0 amide bonds. The first kappa shape index (κ1) is 31.0. The summed E-state index contributed by atoms with van der Waals surface area (Å²) in [5.74, 6) is 0.183. The van der Waals surface area contributed by atoms with Crippen molar-refractivity contribution in [3.63, 3.8) is 0 Å². The Hall–Kier alpha value is -5.31. The van der Waals surface area contributed by atoms with Gasteiger partial charge in [0.05, 0.1) is 16.3 Å². The van der Waals surface area contributed by atoms with E-state index in [9.17, 15) is 5.11 Å². The fourth-order valence-electron chi connectivity index (χ4n) is 6.96. The maximum absolute atomic E-state index is 12.1. The third-order valence-corrected chi connectivity index (χ3v) is 9.43. The summed E-state index contributed by atoms with van der Waals surface area (Å²) in [5, 5.41) is 18.4. The Kier molecular flexibility index (Phi) is 7.39. The molecule has 240 valence electrons. The Morgan fingerprint density at radius 2 is 1.27 bits per heavy atom.